The second-order valence-corrected chi connectivity index (χ2v) is 5.80. The lowest BCUT2D eigenvalue weighted by molar-refractivity contribution is -0.385. The Labute approximate surface area is 126 Å². The molecule has 2 unspecified atom stereocenters. The molecule has 2 rings (SSSR count). The van der Waals surface area contributed by atoms with Gasteiger partial charge in [0.15, 0.2) is 0 Å². The quantitative estimate of drug-likeness (QED) is 0.526. The molecule has 1 fully saturated rings. The van der Waals surface area contributed by atoms with Crippen molar-refractivity contribution in [2.45, 2.75) is 37.1 Å². The fourth-order valence-electron chi connectivity index (χ4n) is 2.34. The zero-order valence-corrected chi connectivity index (χ0v) is 12.2. The van der Waals surface area contributed by atoms with Crippen LogP contribution in [0.2, 0.25) is 5.02 Å². The standard InChI is InChI=1S/C13H14Cl2N2O3/c14-8-5-6-9(12(7-8)17(19)20)13(18)16-11-4-2-1-3-10(11)15/h5-7,10-11H,1-4H2,(H,16,18). The number of nitro groups is 1. The van der Waals surface area contributed by atoms with E-state index < -0.39 is 10.8 Å². The molecule has 108 valence electrons. The molecule has 0 bridgehead atoms. The topological polar surface area (TPSA) is 72.2 Å². The summed E-state index contributed by atoms with van der Waals surface area (Å²) in [6.07, 6.45) is 3.68. The number of rotatable bonds is 3. The van der Waals surface area contributed by atoms with Crippen LogP contribution in [0.15, 0.2) is 18.2 Å². The lowest BCUT2D eigenvalue weighted by Crippen LogP contribution is -2.43. The molecule has 1 N–H and O–H groups in total. The number of hydrogen-bond donors (Lipinski definition) is 1. The third kappa shape index (κ3) is 3.41. The highest BCUT2D eigenvalue weighted by Crippen LogP contribution is 2.26. The summed E-state index contributed by atoms with van der Waals surface area (Å²) in [7, 11) is 0. The van der Waals surface area contributed by atoms with Crippen molar-refractivity contribution >= 4 is 34.8 Å². The van der Waals surface area contributed by atoms with E-state index in [2.05, 4.69) is 5.32 Å². The van der Waals surface area contributed by atoms with Gasteiger partial charge in [-0.3, -0.25) is 14.9 Å². The van der Waals surface area contributed by atoms with Crippen LogP contribution in [-0.4, -0.2) is 22.2 Å². The Kier molecular flexibility index (Phi) is 4.83. The first kappa shape index (κ1) is 15.1. The van der Waals surface area contributed by atoms with Crippen molar-refractivity contribution in [1.29, 1.82) is 0 Å². The summed E-state index contributed by atoms with van der Waals surface area (Å²) in [4.78, 5) is 22.5. The van der Waals surface area contributed by atoms with Crippen LogP contribution >= 0.6 is 23.2 Å². The van der Waals surface area contributed by atoms with Crippen molar-refractivity contribution in [2.24, 2.45) is 0 Å². The van der Waals surface area contributed by atoms with Gasteiger partial charge in [0.25, 0.3) is 11.6 Å². The molecular weight excluding hydrogens is 303 g/mol. The summed E-state index contributed by atoms with van der Waals surface area (Å²) in [5, 5.41) is 13.9. The fourth-order valence-corrected chi connectivity index (χ4v) is 2.85. The van der Waals surface area contributed by atoms with Crippen LogP contribution in [0, 0.1) is 10.1 Å². The summed E-state index contributed by atoms with van der Waals surface area (Å²) in [6, 6.07) is 3.85. The van der Waals surface area contributed by atoms with E-state index in [1.165, 1.54) is 18.2 Å². The van der Waals surface area contributed by atoms with Gasteiger partial charge in [-0.15, -0.1) is 11.6 Å². The van der Waals surface area contributed by atoms with Crippen molar-refractivity contribution in [3.63, 3.8) is 0 Å². The number of nitrogens with one attached hydrogen (secondary N) is 1. The number of carbonyl (C=O) groups excluding carboxylic acids is 1. The van der Waals surface area contributed by atoms with Crippen molar-refractivity contribution in [3.05, 3.63) is 38.9 Å². The summed E-state index contributed by atoms with van der Waals surface area (Å²) in [5.74, 6) is -0.481. The Hall–Kier alpha value is -1.33. The first-order chi connectivity index (χ1) is 9.49. The molecule has 0 spiro atoms. The maximum Gasteiger partial charge on any atom is 0.283 e. The first-order valence-electron chi connectivity index (χ1n) is 6.38. The van der Waals surface area contributed by atoms with E-state index in [1.54, 1.807) is 0 Å². The predicted octanol–water partition coefficient (Wildman–Crippen LogP) is 3.53. The summed E-state index contributed by atoms with van der Waals surface area (Å²) in [5.41, 5.74) is -0.286. The molecule has 0 heterocycles. The molecule has 20 heavy (non-hydrogen) atoms. The van der Waals surface area contributed by atoms with Gasteiger partial charge in [-0.05, 0) is 25.0 Å². The van der Waals surface area contributed by atoms with Crippen LogP contribution < -0.4 is 5.32 Å². The SMILES string of the molecule is O=C(NC1CCCCC1Cl)c1ccc(Cl)cc1[N+](=O)[O-]. The number of nitro benzene ring substituents is 1. The molecular formula is C13H14Cl2N2O3. The minimum Gasteiger partial charge on any atom is -0.348 e. The summed E-state index contributed by atoms with van der Waals surface area (Å²) >= 11 is 11.9. The highest BCUT2D eigenvalue weighted by molar-refractivity contribution is 6.31. The Morgan fingerprint density at radius 2 is 2.05 bits per heavy atom. The van der Waals surface area contributed by atoms with Gasteiger partial charge in [-0.25, -0.2) is 0 Å². The minimum absolute atomic E-state index is 0.00819. The van der Waals surface area contributed by atoms with Gasteiger partial charge in [0.2, 0.25) is 0 Å². The van der Waals surface area contributed by atoms with Crippen molar-refractivity contribution in [2.75, 3.05) is 0 Å². The van der Waals surface area contributed by atoms with E-state index in [4.69, 9.17) is 23.2 Å². The maximum atomic E-state index is 12.2. The molecule has 1 aromatic rings. The molecule has 2 atom stereocenters. The maximum absolute atomic E-state index is 12.2. The zero-order chi connectivity index (χ0) is 14.7. The van der Waals surface area contributed by atoms with Gasteiger partial charge in [-0.2, -0.15) is 0 Å². The first-order valence-corrected chi connectivity index (χ1v) is 7.19. The fraction of sp³-hybridized carbons (Fsp3) is 0.462. The highest BCUT2D eigenvalue weighted by Gasteiger charge is 2.27. The van der Waals surface area contributed by atoms with E-state index in [9.17, 15) is 14.9 Å². The number of nitrogens with zero attached hydrogens (tertiary/aromatic N) is 1. The third-order valence-electron chi connectivity index (χ3n) is 3.40. The smallest absolute Gasteiger partial charge is 0.283 e. The lowest BCUT2D eigenvalue weighted by Gasteiger charge is -2.27. The molecule has 0 aromatic heterocycles. The van der Waals surface area contributed by atoms with Crippen molar-refractivity contribution < 1.29 is 9.72 Å². The molecule has 7 heteroatoms. The van der Waals surface area contributed by atoms with Gasteiger partial charge in [0.1, 0.15) is 5.56 Å². The molecule has 1 saturated carbocycles. The molecule has 5 nitrogen and oxygen atoms in total. The van der Waals surface area contributed by atoms with Crippen LogP contribution in [0.1, 0.15) is 36.0 Å². The molecule has 0 saturated heterocycles. The minimum atomic E-state index is -0.611. The van der Waals surface area contributed by atoms with E-state index in [1.807, 2.05) is 0 Å². The van der Waals surface area contributed by atoms with E-state index in [0.29, 0.717) is 0 Å². The van der Waals surface area contributed by atoms with Crippen LogP contribution in [-0.2, 0) is 0 Å². The van der Waals surface area contributed by atoms with Crippen LogP contribution in [0.4, 0.5) is 5.69 Å². The largest absolute Gasteiger partial charge is 0.348 e. The van der Waals surface area contributed by atoms with Gasteiger partial charge in [0.05, 0.1) is 10.3 Å². The van der Waals surface area contributed by atoms with Crippen molar-refractivity contribution in [1.82, 2.24) is 5.32 Å². The summed E-state index contributed by atoms with van der Waals surface area (Å²) in [6.45, 7) is 0. The predicted molar refractivity (Wildman–Crippen MR) is 77.5 cm³/mol. The van der Waals surface area contributed by atoms with Crippen molar-refractivity contribution in [3.8, 4) is 0 Å². The Balaban J connectivity index is 2.18. The van der Waals surface area contributed by atoms with Crippen LogP contribution in [0.25, 0.3) is 0 Å². The van der Waals surface area contributed by atoms with E-state index in [0.717, 1.165) is 25.7 Å². The second-order valence-electron chi connectivity index (χ2n) is 4.80. The van der Waals surface area contributed by atoms with Gasteiger partial charge in [0, 0.05) is 17.1 Å². The van der Waals surface area contributed by atoms with Gasteiger partial charge in [-0.1, -0.05) is 24.4 Å². The van der Waals surface area contributed by atoms with Crippen LogP contribution in [0.5, 0.6) is 0 Å². The molecule has 0 radical (unpaired) electrons. The average molecular weight is 317 g/mol. The highest BCUT2D eigenvalue weighted by atomic mass is 35.5. The van der Waals surface area contributed by atoms with Crippen LogP contribution in [0.3, 0.4) is 0 Å². The normalized spacial score (nSPS) is 22.3. The monoisotopic (exact) mass is 316 g/mol. The van der Waals surface area contributed by atoms with Gasteiger partial charge < -0.3 is 5.32 Å². The lowest BCUT2D eigenvalue weighted by atomic mass is 9.94. The Morgan fingerprint density at radius 1 is 1.35 bits per heavy atom. The number of carbonyl (C=O) groups is 1. The second kappa shape index (κ2) is 6.41. The molecule has 1 amide bonds. The third-order valence-corrected chi connectivity index (χ3v) is 4.16. The number of amides is 1. The number of halogens is 2. The van der Waals surface area contributed by atoms with Gasteiger partial charge >= 0.3 is 0 Å². The molecule has 1 aliphatic carbocycles. The number of alkyl halides is 1. The summed E-state index contributed by atoms with van der Waals surface area (Å²) < 4.78 is 0. The molecule has 1 aromatic carbocycles. The Bertz CT molecular complexity index is 536. The average Bonchev–Trinajstić information content (AvgIpc) is 2.41. The number of benzene rings is 1. The van der Waals surface area contributed by atoms with E-state index >= 15 is 0 Å². The molecule has 1 aliphatic rings. The number of hydrogen-bond acceptors (Lipinski definition) is 3. The zero-order valence-electron chi connectivity index (χ0n) is 10.6. The molecule has 0 aliphatic heterocycles. The Morgan fingerprint density at radius 3 is 2.70 bits per heavy atom. The van der Waals surface area contributed by atoms with E-state index in [-0.39, 0.29) is 27.7 Å².